The maximum atomic E-state index is 6.13. The van der Waals surface area contributed by atoms with Crippen LogP contribution in [-0.2, 0) is 6.42 Å². The molecular formula is C13H17Cl2N. The first-order chi connectivity index (χ1) is 7.65. The van der Waals surface area contributed by atoms with Crippen molar-refractivity contribution in [3.8, 4) is 0 Å². The predicted molar refractivity (Wildman–Crippen MR) is 70.1 cm³/mol. The fourth-order valence-electron chi connectivity index (χ4n) is 2.22. The maximum Gasteiger partial charge on any atom is 0.0439 e. The van der Waals surface area contributed by atoms with E-state index >= 15 is 0 Å². The van der Waals surface area contributed by atoms with Gasteiger partial charge in [-0.2, -0.15) is 0 Å². The summed E-state index contributed by atoms with van der Waals surface area (Å²) in [5, 5.41) is 1.50. The molecule has 1 unspecified atom stereocenters. The number of rotatable bonds is 4. The lowest BCUT2D eigenvalue weighted by Gasteiger charge is -2.28. The molecule has 16 heavy (non-hydrogen) atoms. The van der Waals surface area contributed by atoms with Crippen LogP contribution in [0.15, 0.2) is 18.2 Å². The van der Waals surface area contributed by atoms with Gasteiger partial charge < -0.3 is 5.73 Å². The van der Waals surface area contributed by atoms with Crippen LogP contribution >= 0.6 is 23.2 Å². The first-order valence-corrected chi connectivity index (χ1v) is 6.60. The SMILES string of the molecule is NC(Cc1cc(Cl)ccc1Cl)CC1CCC1. The van der Waals surface area contributed by atoms with E-state index in [4.69, 9.17) is 28.9 Å². The summed E-state index contributed by atoms with van der Waals surface area (Å²) in [5.74, 6) is 0.841. The molecule has 1 aromatic rings. The highest BCUT2D eigenvalue weighted by Crippen LogP contribution is 2.31. The molecule has 1 aromatic carbocycles. The Morgan fingerprint density at radius 3 is 2.69 bits per heavy atom. The summed E-state index contributed by atoms with van der Waals surface area (Å²) in [7, 11) is 0. The van der Waals surface area contributed by atoms with Gasteiger partial charge in [-0.1, -0.05) is 42.5 Å². The summed E-state index contributed by atoms with van der Waals surface area (Å²) in [4.78, 5) is 0. The molecule has 2 rings (SSSR count). The van der Waals surface area contributed by atoms with Gasteiger partial charge in [0.2, 0.25) is 0 Å². The highest BCUT2D eigenvalue weighted by atomic mass is 35.5. The standard InChI is InChI=1S/C13H17Cl2N/c14-11-4-5-13(15)10(7-11)8-12(16)6-9-2-1-3-9/h4-5,7,9,12H,1-3,6,8,16H2. The smallest absolute Gasteiger partial charge is 0.0439 e. The van der Waals surface area contributed by atoms with Crippen LogP contribution in [0, 0.1) is 5.92 Å². The average molecular weight is 258 g/mol. The lowest BCUT2D eigenvalue weighted by atomic mass is 9.80. The van der Waals surface area contributed by atoms with Gasteiger partial charge in [0.05, 0.1) is 0 Å². The molecule has 2 N–H and O–H groups in total. The number of nitrogens with two attached hydrogens (primary N) is 1. The summed E-state index contributed by atoms with van der Waals surface area (Å²) >= 11 is 12.1. The molecule has 1 aliphatic carbocycles. The fourth-order valence-corrected chi connectivity index (χ4v) is 2.61. The molecule has 0 saturated heterocycles. The van der Waals surface area contributed by atoms with Crippen molar-refractivity contribution >= 4 is 23.2 Å². The molecule has 0 heterocycles. The molecule has 3 heteroatoms. The molecule has 0 aliphatic heterocycles. The van der Waals surface area contributed by atoms with Gasteiger partial charge in [-0.15, -0.1) is 0 Å². The summed E-state index contributed by atoms with van der Waals surface area (Å²) in [5.41, 5.74) is 7.20. The van der Waals surface area contributed by atoms with Crippen LogP contribution in [-0.4, -0.2) is 6.04 Å². The van der Waals surface area contributed by atoms with E-state index in [1.807, 2.05) is 18.2 Å². The zero-order valence-electron chi connectivity index (χ0n) is 9.26. The molecule has 1 aliphatic rings. The minimum Gasteiger partial charge on any atom is -0.327 e. The van der Waals surface area contributed by atoms with Gasteiger partial charge >= 0.3 is 0 Å². The van der Waals surface area contributed by atoms with Crippen molar-refractivity contribution in [3.05, 3.63) is 33.8 Å². The number of hydrogen-bond donors (Lipinski definition) is 1. The monoisotopic (exact) mass is 257 g/mol. The van der Waals surface area contributed by atoms with Crippen molar-refractivity contribution in [2.24, 2.45) is 11.7 Å². The van der Waals surface area contributed by atoms with E-state index in [1.165, 1.54) is 19.3 Å². The molecular weight excluding hydrogens is 241 g/mol. The van der Waals surface area contributed by atoms with Crippen LogP contribution in [0.2, 0.25) is 10.0 Å². The fraction of sp³-hybridized carbons (Fsp3) is 0.538. The van der Waals surface area contributed by atoms with E-state index in [0.717, 1.165) is 34.4 Å². The Labute approximate surface area is 107 Å². The van der Waals surface area contributed by atoms with Crippen LogP contribution < -0.4 is 5.73 Å². The number of halogens is 2. The maximum absolute atomic E-state index is 6.13. The van der Waals surface area contributed by atoms with E-state index in [2.05, 4.69) is 0 Å². The molecule has 1 nitrogen and oxygen atoms in total. The Kier molecular flexibility index (Phi) is 4.12. The van der Waals surface area contributed by atoms with E-state index in [0.29, 0.717) is 0 Å². The first-order valence-electron chi connectivity index (χ1n) is 5.84. The van der Waals surface area contributed by atoms with Gasteiger partial charge in [-0.25, -0.2) is 0 Å². The topological polar surface area (TPSA) is 26.0 Å². The Bertz CT molecular complexity index is 361. The second-order valence-corrected chi connectivity index (χ2v) is 5.58. The largest absolute Gasteiger partial charge is 0.327 e. The Morgan fingerprint density at radius 1 is 1.31 bits per heavy atom. The van der Waals surface area contributed by atoms with Crippen LogP contribution in [0.25, 0.3) is 0 Å². The molecule has 0 bridgehead atoms. The van der Waals surface area contributed by atoms with Crippen LogP contribution in [0.5, 0.6) is 0 Å². The van der Waals surface area contributed by atoms with Gasteiger partial charge in [0.1, 0.15) is 0 Å². The van der Waals surface area contributed by atoms with Crippen molar-refractivity contribution in [3.63, 3.8) is 0 Å². The Hall–Kier alpha value is -0.240. The lowest BCUT2D eigenvalue weighted by molar-refractivity contribution is 0.275. The lowest BCUT2D eigenvalue weighted by Crippen LogP contribution is -2.28. The van der Waals surface area contributed by atoms with E-state index in [-0.39, 0.29) is 6.04 Å². The third-order valence-electron chi connectivity index (χ3n) is 3.35. The molecule has 0 spiro atoms. The third-order valence-corrected chi connectivity index (χ3v) is 3.95. The summed E-state index contributed by atoms with van der Waals surface area (Å²) in [6.45, 7) is 0. The van der Waals surface area contributed by atoms with Crippen molar-refractivity contribution in [1.29, 1.82) is 0 Å². The highest BCUT2D eigenvalue weighted by Gasteiger charge is 2.20. The molecule has 1 saturated carbocycles. The van der Waals surface area contributed by atoms with Crippen LogP contribution in [0.3, 0.4) is 0 Å². The first kappa shape index (κ1) is 12.2. The van der Waals surface area contributed by atoms with Gasteiger partial charge in [0.15, 0.2) is 0 Å². The van der Waals surface area contributed by atoms with Crippen LogP contribution in [0.1, 0.15) is 31.2 Å². The van der Waals surface area contributed by atoms with Gasteiger partial charge in [-0.3, -0.25) is 0 Å². The molecule has 0 amide bonds. The number of benzene rings is 1. The summed E-state index contributed by atoms with van der Waals surface area (Å²) in [6, 6.07) is 5.78. The highest BCUT2D eigenvalue weighted by molar-refractivity contribution is 6.33. The van der Waals surface area contributed by atoms with Crippen molar-refractivity contribution in [1.82, 2.24) is 0 Å². The average Bonchev–Trinajstić information content (AvgIpc) is 2.18. The normalized spacial score (nSPS) is 18.2. The minimum atomic E-state index is 0.210. The van der Waals surface area contributed by atoms with E-state index in [1.54, 1.807) is 0 Å². The predicted octanol–water partition coefficient (Wildman–Crippen LogP) is 4.05. The molecule has 0 radical (unpaired) electrons. The van der Waals surface area contributed by atoms with Crippen LogP contribution in [0.4, 0.5) is 0 Å². The molecule has 1 fully saturated rings. The molecule has 1 atom stereocenters. The van der Waals surface area contributed by atoms with Crippen molar-refractivity contribution in [2.45, 2.75) is 38.1 Å². The van der Waals surface area contributed by atoms with Crippen molar-refractivity contribution in [2.75, 3.05) is 0 Å². The minimum absolute atomic E-state index is 0.210. The third kappa shape index (κ3) is 3.13. The Balaban J connectivity index is 1.93. The van der Waals surface area contributed by atoms with Gasteiger partial charge in [0.25, 0.3) is 0 Å². The zero-order chi connectivity index (χ0) is 11.5. The summed E-state index contributed by atoms with van der Waals surface area (Å²) in [6.07, 6.45) is 6.00. The van der Waals surface area contributed by atoms with E-state index in [9.17, 15) is 0 Å². The van der Waals surface area contributed by atoms with Gasteiger partial charge in [0, 0.05) is 16.1 Å². The summed E-state index contributed by atoms with van der Waals surface area (Å²) < 4.78 is 0. The van der Waals surface area contributed by atoms with Gasteiger partial charge in [-0.05, 0) is 42.5 Å². The van der Waals surface area contributed by atoms with Crippen molar-refractivity contribution < 1.29 is 0 Å². The Morgan fingerprint density at radius 2 is 2.06 bits per heavy atom. The number of hydrogen-bond acceptors (Lipinski definition) is 1. The zero-order valence-corrected chi connectivity index (χ0v) is 10.8. The quantitative estimate of drug-likeness (QED) is 0.866. The molecule has 0 aromatic heterocycles. The second kappa shape index (κ2) is 5.39. The van der Waals surface area contributed by atoms with E-state index < -0.39 is 0 Å². The molecule has 88 valence electrons. The second-order valence-electron chi connectivity index (χ2n) is 4.73.